The van der Waals surface area contributed by atoms with Crippen LogP contribution in [0.1, 0.15) is 23.4 Å². The molecule has 86 valence electrons. The smallest absolute Gasteiger partial charge is 0.306 e. The van der Waals surface area contributed by atoms with Gasteiger partial charge in [-0.15, -0.1) is 0 Å². The van der Waals surface area contributed by atoms with Gasteiger partial charge in [-0.2, -0.15) is 0 Å². The zero-order valence-electron chi connectivity index (χ0n) is 8.63. The summed E-state index contributed by atoms with van der Waals surface area (Å²) in [5.74, 6) is -1.14. The number of carbonyl (C=O) groups is 2. The minimum Gasteiger partial charge on any atom is -0.481 e. The summed E-state index contributed by atoms with van der Waals surface area (Å²) in [6, 6.07) is 0. The quantitative estimate of drug-likeness (QED) is 0.795. The van der Waals surface area contributed by atoms with Crippen molar-refractivity contribution in [3.63, 3.8) is 0 Å². The van der Waals surface area contributed by atoms with Crippen LogP contribution in [0.5, 0.6) is 0 Å². The highest BCUT2D eigenvalue weighted by molar-refractivity contribution is 5.91. The van der Waals surface area contributed by atoms with E-state index in [-0.39, 0.29) is 17.6 Å². The van der Waals surface area contributed by atoms with E-state index in [1.807, 2.05) is 0 Å². The number of oxazole rings is 1. The zero-order valence-corrected chi connectivity index (χ0v) is 8.63. The van der Waals surface area contributed by atoms with E-state index in [2.05, 4.69) is 4.98 Å². The van der Waals surface area contributed by atoms with Crippen LogP contribution in [0.15, 0.2) is 17.0 Å². The van der Waals surface area contributed by atoms with Gasteiger partial charge < -0.3 is 14.4 Å². The molecule has 0 radical (unpaired) electrons. The largest absolute Gasteiger partial charge is 0.481 e. The van der Waals surface area contributed by atoms with Crippen molar-refractivity contribution in [1.82, 2.24) is 9.88 Å². The highest BCUT2D eigenvalue weighted by Gasteiger charge is 2.28. The Labute approximate surface area is 91.9 Å². The third-order valence-corrected chi connectivity index (χ3v) is 2.77. The number of hydrogen-bond acceptors (Lipinski definition) is 4. The van der Waals surface area contributed by atoms with Crippen LogP contribution >= 0.6 is 0 Å². The van der Waals surface area contributed by atoms with Crippen molar-refractivity contribution in [3.8, 4) is 0 Å². The molecule has 0 aliphatic carbocycles. The molecule has 1 N–H and O–H groups in total. The average molecular weight is 224 g/mol. The number of aliphatic carboxylic acids is 1. The van der Waals surface area contributed by atoms with Crippen molar-refractivity contribution in [2.75, 3.05) is 13.1 Å². The van der Waals surface area contributed by atoms with E-state index in [1.165, 1.54) is 12.6 Å². The minimum absolute atomic E-state index is 0.203. The van der Waals surface area contributed by atoms with E-state index in [9.17, 15) is 9.59 Å². The zero-order chi connectivity index (χ0) is 11.5. The first-order chi connectivity index (χ1) is 7.68. The number of aromatic nitrogens is 1. The molecule has 0 spiro atoms. The molecular formula is C10H12N2O4. The highest BCUT2D eigenvalue weighted by atomic mass is 16.4. The third kappa shape index (κ3) is 2.05. The molecular weight excluding hydrogens is 212 g/mol. The Morgan fingerprint density at radius 3 is 2.62 bits per heavy atom. The van der Waals surface area contributed by atoms with E-state index < -0.39 is 5.97 Å². The molecule has 16 heavy (non-hydrogen) atoms. The minimum atomic E-state index is -0.785. The van der Waals surface area contributed by atoms with Crippen LogP contribution in [0.25, 0.3) is 0 Å². The molecule has 2 rings (SSSR count). The Morgan fingerprint density at radius 2 is 2.12 bits per heavy atom. The maximum Gasteiger partial charge on any atom is 0.306 e. The fourth-order valence-electron chi connectivity index (χ4n) is 1.81. The molecule has 6 heteroatoms. The van der Waals surface area contributed by atoms with Crippen molar-refractivity contribution in [1.29, 1.82) is 0 Å². The second-order valence-electron chi connectivity index (χ2n) is 3.77. The summed E-state index contributed by atoms with van der Waals surface area (Å²) in [5, 5.41) is 8.82. The van der Waals surface area contributed by atoms with Gasteiger partial charge in [-0.05, 0) is 12.8 Å². The molecule has 1 aliphatic rings. The fourth-order valence-corrected chi connectivity index (χ4v) is 1.81. The lowest BCUT2D eigenvalue weighted by Crippen LogP contribution is -2.40. The number of carboxylic acids is 1. The molecule has 1 aliphatic heterocycles. The van der Waals surface area contributed by atoms with E-state index in [0.717, 1.165) is 0 Å². The lowest BCUT2D eigenvalue weighted by atomic mass is 9.97. The molecule has 0 saturated carbocycles. The maximum absolute atomic E-state index is 11.8. The molecule has 0 aromatic carbocycles. The van der Waals surface area contributed by atoms with Crippen LogP contribution < -0.4 is 0 Å². The van der Waals surface area contributed by atoms with Crippen LogP contribution in [-0.2, 0) is 4.79 Å². The number of nitrogens with zero attached hydrogens (tertiary/aromatic N) is 2. The first-order valence-corrected chi connectivity index (χ1v) is 5.09. The number of carbonyl (C=O) groups excluding carboxylic acids is 1. The number of amides is 1. The summed E-state index contributed by atoms with van der Waals surface area (Å²) >= 11 is 0. The average Bonchev–Trinajstić information content (AvgIpc) is 2.81. The van der Waals surface area contributed by atoms with E-state index >= 15 is 0 Å². The Balaban J connectivity index is 1.94. The molecule has 6 nitrogen and oxygen atoms in total. The van der Waals surface area contributed by atoms with Gasteiger partial charge >= 0.3 is 5.97 Å². The Morgan fingerprint density at radius 1 is 1.44 bits per heavy atom. The molecule has 1 amide bonds. The molecule has 1 fully saturated rings. The number of rotatable bonds is 2. The number of hydrogen-bond donors (Lipinski definition) is 1. The Kier molecular flexibility index (Phi) is 2.89. The Hall–Kier alpha value is -1.85. The topological polar surface area (TPSA) is 83.6 Å². The van der Waals surface area contributed by atoms with E-state index in [4.69, 9.17) is 9.52 Å². The highest BCUT2D eigenvalue weighted by Crippen LogP contribution is 2.18. The lowest BCUT2D eigenvalue weighted by molar-refractivity contribution is -0.143. The molecule has 1 aromatic rings. The number of likely N-dealkylation sites (tertiary alicyclic amines) is 1. The predicted octanol–water partition coefficient (Wildman–Crippen LogP) is 0.611. The van der Waals surface area contributed by atoms with Crippen LogP contribution in [0.2, 0.25) is 0 Å². The summed E-state index contributed by atoms with van der Waals surface area (Å²) in [4.78, 5) is 27.8. The van der Waals surface area contributed by atoms with E-state index in [1.54, 1.807) is 4.90 Å². The summed E-state index contributed by atoms with van der Waals surface area (Å²) in [6.07, 6.45) is 3.56. The van der Waals surface area contributed by atoms with Gasteiger partial charge in [0, 0.05) is 13.1 Å². The van der Waals surface area contributed by atoms with Crippen molar-refractivity contribution in [2.45, 2.75) is 12.8 Å². The summed E-state index contributed by atoms with van der Waals surface area (Å²) < 4.78 is 4.90. The summed E-state index contributed by atoms with van der Waals surface area (Å²) in [5.41, 5.74) is 0. The molecule has 0 unspecified atom stereocenters. The SMILES string of the molecule is O=C(O)C1CCN(C(=O)c2cnco2)CC1. The van der Waals surface area contributed by atoms with Gasteiger partial charge in [-0.3, -0.25) is 9.59 Å². The first-order valence-electron chi connectivity index (χ1n) is 5.09. The third-order valence-electron chi connectivity index (χ3n) is 2.77. The summed E-state index contributed by atoms with van der Waals surface area (Å²) in [7, 11) is 0. The molecule has 2 heterocycles. The molecule has 0 bridgehead atoms. The van der Waals surface area contributed by atoms with Crippen molar-refractivity contribution in [3.05, 3.63) is 18.4 Å². The van der Waals surface area contributed by atoms with Gasteiger partial charge in [0.2, 0.25) is 5.76 Å². The van der Waals surface area contributed by atoms with Crippen molar-refractivity contribution in [2.24, 2.45) is 5.92 Å². The van der Waals surface area contributed by atoms with Gasteiger partial charge in [0.1, 0.15) is 0 Å². The second kappa shape index (κ2) is 4.34. The van der Waals surface area contributed by atoms with Gasteiger partial charge in [-0.25, -0.2) is 4.98 Å². The second-order valence-corrected chi connectivity index (χ2v) is 3.77. The standard InChI is InChI=1S/C10H12N2O4/c13-9(8-5-11-6-16-8)12-3-1-7(2-4-12)10(14)15/h5-7H,1-4H2,(H,14,15). The maximum atomic E-state index is 11.8. The van der Waals surface area contributed by atoms with Crippen LogP contribution in [0, 0.1) is 5.92 Å². The monoisotopic (exact) mass is 224 g/mol. The molecule has 0 atom stereocenters. The number of piperidine rings is 1. The van der Waals surface area contributed by atoms with E-state index in [0.29, 0.717) is 25.9 Å². The fraction of sp³-hybridized carbons (Fsp3) is 0.500. The van der Waals surface area contributed by atoms with Crippen molar-refractivity contribution < 1.29 is 19.1 Å². The Bertz CT molecular complexity index is 380. The first kappa shape index (κ1) is 10.7. The van der Waals surface area contributed by atoms with Gasteiger partial charge in [-0.1, -0.05) is 0 Å². The molecule has 1 saturated heterocycles. The predicted molar refractivity (Wildman–Crippen MR) is 52.8 cm³/mol. The lowest BCUT2D eigenvalue weighted by Gasteiger charge is -2.29. The van der Waals surface area contributed by atoms with Gasteiger partial charge in [0.25, 0.3) is 5.91 Å². The van der Waals surface area contributed by atoms with Crippen LogP contribution in [-0.4, -0.2) is 40.0 Å². The van der Waals surface area contributed by atoms with Crippen LogP contribution in [0.3, 0.4) is 0 Å². The van der Waals surface area contributed by atoms with Gasteiger partial charge in [0.05, 0.1) is 12.1 Å². The normalized spacial score (nSPS) is 17.4. The van der Waals surface area contributed by atoms with Crippen molar-refractivity contribution >= 4 is 11.9 Å². The number of carboxylic acid groups (broad SMARTS) is 1. The van der Waals surface area contributed by atoms with Gasteiger partial charge in [0.15, 0.2) is 6.39 Å². The summed E-state index contributed by atoms with van der Waals surface area (Å²) in [6.45, 7) is 0.910. The van der Waals surface area contributed by atoms with Crippen LogP contribution in [0.4, 0.5) is 0 Å². The molecule has 1 aromatic heterocycles.